The van der Waals surface area contributed by atoms with Gasteiger partial charge in [0.15, 0.2) is 0 Å². The highest BCUT2D eigenvalue weighted by atomic mass is 35.5. The van der Waals surface area contributed by atoms with Gasteiger partial charge in [0.05, 0.1) is 5.69 Å². The van der Waals surface area contributed by atoms with Crippen LogP contribution in [0.1, 0.15) is 11.3 Å². The summed E-state index contributed by atoms with van der Waals surface area (Å²) >= 11 is 5.81. The van der Waals surface area contributed by atoms with Crippen molar-refractivity contribution in [2.75, 3.05) is 11.9 Å². The summed E-state index contributed by atoms with van der Waals surface area (Å²) in [6, 6.07) is 12.6. The van der Waals surface area contributed by atoms with Crippen molar-refractivity contribution in [1.29, 1.82) is 0 Å². The molecule has 0 atom stereocenters. The maximum atomic E-state index is 10.8. The van der Waals surface area contributed by atoms with E-state index in [0.29, 0.717) is 10.8 Å². The fraction of sp³-hybridized carbons (Fsp3) is 0.0667. The van der Waals surface area contributed by atoms with Crippen LogP contribution in [0.15, 0.2) is 42.5 Å². The number of anilines is 1. The number of aromatic nitrogens is 1. The molecule has 0 aliphatic rings. The summed E-state index contributed by atoms with van der Waals surface area (Å²) in [7, 11) is 1.50. The highest BCUT2D eigenvalue weighted by molar-refractivity contribution is 6.29. The van der Waals surface area contributed by atoms with Gasteiger partial charge in [-0.15, -0.1) is 0 Å². The molecule has 1 amide bonds. The topological polar surface area (TPSA) is 53.4 Å². The molecule has 1 heterocycles. The smallest absolute Gasteiger partial charge is 0.411 e. The van der Waals surface area contributed by atoms with Gasteiger partial charge in [-0.05, 0) is 35.9 Å². The molecular weight excluding hydrogens is 276 g/mol. The SMILES string of the molecule is CN(C(=O)O)c1ccc(/C=C/c2cccc(Cl)n2)cc1. The third kappa shape index (κ3) is 3.59. The van der Waals surface area contributed by atoms with Crippen LogP contribution in [0.5, 0.6) is 0 Å². The van der Waals surface area contributed by atoms with Crippen LogP contribution in [0.2, 0.25) is 5.15 Å². The molecule has 0 radical (unpaired) electrons. The highest BCUT2D eigenvalue weighted by Crippen LogP contribution is 2.16. The van der Waals surface area contributed by atoms with E-state index >= 15 is 0 Å². The van der Waals surface area contributed by atoms with E-state index in [1.54, 1.807) is 18.2 Å². The van der Waals surface area contributed by atoms with Crippen LogP contribution in [-0.2, 0) is 0 Å². The van der Waals surface area contributed by atoms with Gasteiger partial charge in [-0.2, -0.15) is 0 Å². The van der Waals surface area contributed by atoms with Crippen LogP contribution in [-0.4, -0.2) is 23.2 Å². The van der Waals surface area contributed by atoms with E-state index in [4.69, 9.17) is 16.7 Å². The first-order chi connectivity index (χ1) is 9.56. The molecule has 0 fully saturated rings. The summed E-state index contributed by atoms with van der Waals surface area (Å²) in [6.07, 6.45) is 2.75. The lowest BCUT2D eigenvalue weighted by molar-refractivity contribution is 0.203. The lowest BCUT2D eigenvalue weighted by Crippen LogP contribution is -2.23. The van der Waals surface area contributed by atoms with Gasteiger partial charge < -0.3 is 5.11 Å². The Morgan fingerprint density at radius 1 is 1.20 bits per heavy atom. The van der Waals surface area contributed by atoms with Crippen molar-refractivity contribution in [3.05, 3.63) is 58.9 Å². The van der Waals surface area contributed by atoms with Gasteiger partial charge in [0, 0.05) is 12.7 Å². The molecule has 0 bridgehead atoms. The minimum Gasteiger partial charge on any atom is -0.465 e. The molecule has 102 valence electrons. The fourth-order valence-electron chi connectivity index (χ4n) is 1.62. The van der Waals surface area contributed by atoms with Crippen molar-refractivity contribution >= 4 is 35.5 Å². The van der Waals surface area contributed by atoms with Gasteiger partial charge >= 0.3 is 6.09 Å². The van der Waals surface area contributed by atoms with Gasteiger partial charge in [0.25, 0.3) is 0 Å². The maximum Gasteiger partial charge on any atom is 0.411 e. The van der Waals surface area contributed by atoms with E-state index in [1.165, 1.54) is 7.05 Å². The monoisotopic (exact) mass is 288 g/mol. The number of amides is 1. The van der Waals surface area contributed by atoms with Crippen molar-refractivity contribution in [2.45, 2.75) is 0 Å². The Morgan fingerprint density at radius 3 is 2.50 bits per heavy atom. The molecule has 0 unspecified atom stereocenters. The van der Waals surface area contributed by atoms with Crippen LogP contribution in [0.4, 0.5) is 10.5 Å². The number of halogens is 1. The first-order valence-corrected chi connectivity index (χ1v) is 6.31. The molecule has 0 aliphatic heterocycles. The minimum absolute atomic E-state index is 0.450. The molecule has 1 N–H and O–H groups in total. The second-order valence-electron chi connectivity index (χ2n) is 4.15. The molecule has 20 heavy (non-hydrogen) atoms. The second kappa shape index (κ2) is 6.21. The zero-order valence-electron chi connectivity index (χ0n) is 10.8. The molecule has 0 aliphatic carbocycles. The third-order valence-electron chi connectivity index (χ3n) is 2.75. The lowest BCUT2D eigenvalue weighted by Gasteiger charge is -2.12. The Bertz CT molecular complexity index is 639. The summed E-state index contributed by atoms with van der Waals surface area (Å²) in [6.45, 7) is 0. The van der Waals surface area contributed by atoms with Crippen molar-refractivity contribution in [3.8, 4) is 0 Å². The number of rotatable bonds is 3. The molecular formula is C15H13ClN2O2. The average Bonchev–Trinajstić information content (AvgIpc) is 2.45. The zero-order chi connectivity index (χ0) is 14.5. The molecule has 1 aromatic carbocycles. The molecule has 2 aromatic rings. The van der Waals surface area contributed by atoms with Gasteiger partial charge in [-0.25, -0.2) is 9.78 Å². The average molecular weight is 289 g/mol. The molecule has 0 saturated carbocycles. The van der Waals surface area contributed by atoms with Gasteiger partial charge in [-0.3, -0.25) is 4.90 Å². The van der Waals surface area contributed by atoms with Crippen LogP contribution in [0.3, 0.4) is 0 Å². The lowest BCUT2D eigenvalue weighted by atomic mass is 10.1. The Balaban J connectivity index is 2.13. The van der Waals surface area contributed by atoms with Crippen molar-refractivity contribution < 1.29 is 9.90 Å². The van der Waals surface area contributed by atoms with E-state index in [2.05, 4.69) is 4.98 Å². The molecule has 5 heteroatoms. The van der Waals surface area contributed by atoms with Crippen LogP contribution < -0.4 is 4.90 Å². The summed E-state index contributed by atoms with van der Waals surface area (Å²) < 4.78 is 0. The van der Waals surface area contributed by atoms with Crippen molar-refractivity contribution in [3.63, 3.8) is 0 Å². The predicted octanol–water partition coefficient (Wildman–Crippen LogP) is 4.02. The van der Waals surface area contributed by atoms with E-state index in [-0.39, 0.29) is 0 Å². The van der Waals surface area contributed by atoms with E-state index in [9.17, 15) is 4.79 Å². The summed E-state index contributed by atoms with van der Waals surface area (Å²) in [4.78, 5) is 16.1. The molecule has 2 rings (SSSR count). The number of hydrogen-bond donors (Lipinski definition) is 1. The molecule has 0 saturated heterocycles. The predicted molar refractivity (Wildman–Crippen MR) is 81.0 cm³/mol. The zero-order valence-corrected chi connectivity index (χ0v) is 11.6. The number of nitrogens with zero attached hydrogens (tertiary/aromatic N) is 2. The number of hydrogen-bond acceptors (Lipinski definition) is 2. The largest absolute Gasteiger partial charge is 0.465 e. The Labute approximate surface area is 121 Å². The first kappa shape index (κ1) is 14.1. The quantitative estimate of drug-likeness (QED) is 0.868. The normalized spacial score (nSPS) is 10.7. The van der Waals surface area contributed by atoms with Crippen LogP contribution in [0, 0.1) is 0 Å². The molecule has 1 aromatic heterocycles. The van der Waals surface area contributed by atoms with Gasteiger partial charge in [-0.1, -0.05) is 35.9 Å². The maximum absolute atomic E-state index is 10.8. The first-order valence-electron chi connectivity index (χ1n) is 5.93. The van der Waals surface area contributed by atoms with Crippen LogP contribution >= 0.6 is 11.6 Å². The minimum atomic E-state index is -0.989. The number of pyridine rings is 1. The van der Waals surface area contributed by atoms with E-state index < -0.39 is 6.09 Å². The number of carboxylic acid groups (broad SMARTS) is 1. The van der Waals surface area contributed by atoms with Gasteiger partial charge in [0.1, 0.15) is 5.15 Å². The highest BCUT2D eigenvalue weighted by Gasteiger charge is 2.06. The Morgan fingerprint density at radius 2 is 1.90 bits per heavy atom. The van der Waals surface area contributed by atoms with E-state index in [1.807, 2.05) is 36.4 Å². The van der Waals surface area contributed by atoms with Crippen LogP contribution in [0.25, 0.3) is 12.2 Å². The Hall–Kier alpha value is -2.33. The third-order valence-corrected chi connectivity index (χ3v) is 2.96. The Kier molecular flexibility index (Phi) is 4.38. The summed E-state index contributed by atoms with van der Waals surface area (Å²) in [5, 5.41) is 9.32. The summed E-state index contributed by atoms with van der Waals surface area (Å²) in [5.41, 5.74) is 2.34. The van der Waals surface area contributed by atoms with Crippen molar-refractivity contribution in [2.24, 2.45) is 0 Å². The number of carbonyl (C=O) groups is 1. The van der Waals surface area contributed by atoms with Gasteiger partial charge in [0.2, 0.25) is 0 Å². The van der Waals surface area contributed by atoms with Crippen molar-refractivity contribution in [1.82, 2.24) is 4.98 Å². The number of benzene rings is 1. The standard InChI is InChI=1S/C15H13ClN2O2/c1-18(15(19)20)13-9-6-11(7-10-13)5-8-12-3-2-4-14(16)17-12/h2-10H,1H3,(H,19,20)/b8-5+. The molecule has 4 nitrogen and oxygen atoms in total. The second-order valence-corrected chi connectivity index (χ2v) is 4.54. The van der Waals surface area contributed by atoms with E-state index in [0.717, 1.165) is 16.2 Å². The molecule has 0 spiro atoms. The fourth-order valence-corrected chi connectivity index (χ4v) is 1.79. The summed E-state index contributed by atoms with van der Waals surface area (Å²) in [5.74, 6) is 0.